The van der Waals surface area contributed by atoms with E-state index in [2.05, 4.69) is 10.1 Å². The summed E-state index contributed by atoms with van der Waals surface area (Å²) in [5, 5.41) is 12.4. The molecule has 1 saturated heterocycles. The molecule has 3 nitrogen and oxygen atoms in total. The zero-order valence-electron chi connectivity index (χ0n) is 8.78. The van der Waals surface area contributed by atoms with E-state index in [-0.39, 0.29) is 0 Å². The van der Waals surface area contributed by atoms with Crippen molar-refractivity contribution in [3.63, 3.8) is 0 Å². The fraction of sp³-hybridized carbons (Fsp3) is 0.909. The molecule has 1 aliphatic heterocycles. The van der Waals surface area contributed by atoms with E-state index < -0.39 is 0 Å². The van der Waals surface area contributed by atoms with E-state index in [0.717, 1.165) is 12.1 Å². The Balaban J connectivity index is 1.98. The summed E-state index contributed by atoms with van der Waals surface area (Å²) < 4.78 is 0. The number of likely N-dealkylation sites (tertiary alicyclic amines) is 1. The number of hydrogen-bond acceptors (Lipinski definition) is 3. The second-order valence-electron chi connectivity index (χ2n) is 4.45. The summed E-state index contributed by atoms with van der Waals surface area (Å²) in [6.07, 6.45) is 8.68. The zero-order valence-corrected chi connectivity index (χ0v) is 8.78. The van der Waals surface area contributed by atoms with Gasteiger partial charge in [0.1, 0.15) is 0 Å². The summed E-state index contributed by atoms with van der Waals surface area (Å²) in [7, 11) is 0. The first-order valence-electron chi connectivity index (χ1n) is 5.86. The number of piperidine rings is 1. The predicted octanol–water partition coefficient (Wildman–Crippen LogP) is 2.25. The van der Waals surface area contributed by atoms with Crippen molar-refractivity contribution in [3.05, 3.63) is 0 Å². The van der Waals surface area contributed by atoms with Gasteiger partial charge in [-0.3, -0.25) is 4.90 Å². The molecule has 1 aliphatic carbocycles. The molecule has 0 aromatic carbocycles. The van der Waals surface area contributed by atoms with Crippen LogP contribution in [0, 0.1) is 0 Å². The minimum Gasteiger partial charge on any atom is -0.411 e. The van der Waals surface area contributed by atoms with Gasteiger partial charge in [0.25, 0.3) is 0 Å². The van der Waals surface area contributed by atoms with Crippen molar-refractivity contribution in [2.24, 2.45) is 5.16 Å². The van der Waals surface area contributed by atoms with Gasteiger partial charge in [-0.15, -0.1) is 0 Å². The van der Waals surface area contributed by atoms with Crippen molar-refractivity contribution in [1.29, 1.82) is 0 Å². The highest BCUT2D eigenvalue weighted by molar-refractivity contribution is 5.89. The second-order valence-corrected chi connectivity index (χ2v) is 4.45. The summed E-state index contributed by atoms with van der Waals surface area (Å²) >= 11 is 0. The Bertz CT molecular complexity index is 209. The Morgan fingerprint density at radius 2 is 1.86 bits per heavy atom. The fourth-order valence-corrected chi connectivity index (χ4v) is 2.72. The van der Waals surface area contributed by atoms with Gasteiger partial charge in [0.2, 0.25) is 0 Å². The SMILES string of the molecule is O/N=C1/CCCCC1N1CCCCC1. The summed E-state index contributed by atoms with van der Waals surface area (Å²) in [6, 6.07) is 0.453. The normalized spacial score (nSPS) is 33.4. The molecule has 2 fully saturated rings. The van der Waals surface area contributed by atoms with Gasteiger partial charge in [0, 0.05) is 0 Å². The Labute approximate surface area is 85.8 Å². The average Bonchev–Trinajstić information content (AvgIpc) is 2.30. The van der Waals surface area contributed by atoms with Gasteiger partial charge in [-0.05, 0) is 45.2 Å². The maximum Gasteiger partial charge on any atom is 0.0742 e. The number of oxime groups is 1. The Kier molecular flexibility index (Phi) is 3.40. The van der Waals surface area contributed by atoms with Crippen LogP contribution in [0.4, 0.5) is 0 Å². The van der Waals surface area contributed by atoms with E-state index >= 15 is 0 Å². The van der Waals surface area contributed by atoms with E-state index in [1.807, 2.05) is 0 Å². The third kappa shape index (κ3) is 2.08. The van der Waals surface area contributed by atoms with Gasteiger partial charge >= 0.3 is 0 Å². The Hall–Kier alpha value is -0.570. The number of hydrogen-bond donors (Lipinski definition) is 1. The summed E-state index contributed by atoms with van der Waals surface area (Å²) in [5.41, 5.74) is 1.03. The highest BCUT2D eigenvalue weighted by atomic mass is 16.4. The molecule has 3 heteroatoms. The van der Waals surface area contributed by atoms with Crippen LogP contribution in [-0.4, -0.2) is 35.0 Å². The van der Waals surface area contributed by atoms with Crippen LogP contribution in [0.2, 0.25) is 0 Å². The smallest absolute Gasteiger partial charge is 0.0742 e. The standard InChI is InChI=1S/C11H20N2O/c14-12-10-6-2-3-7-11(10)13-8-4-1-5-9-13/h11,14H,1-9H2/b12-10-. The lowest BCUT2D eigenvalue weighted by Gasteiger charge is -2.36. The van der Waals surface area contributed by atoms with Gasteiger partial charge in [-0.2, -0.15) is 0 Å². The van der Waals surface area contributed by atoms with Gasteiger partial charge in [-0.1, -0.05) is 18.0 Å². The highest BCUT2D eigenvalue weighted by Gasteiger charge is 2.27. The van der Waals surface area contributed by atoms with Crippen LogP contribution in [0.1, 0.15) is 44.9 Å². The van der Waals surface area contributed by atoms with E-state index in [1.54, 1.807) is 0 Å². The molecule has 0 aromatic heterocycles. The molecule has 0 bridgehead atoms. The molecule has 1 atom stereocenters. The van der Waals surface area contributed by atoms with Gasteiger partial charge in [0.15, 0.2) is 0 Å². The zero-order chi connectivity index (χ0) is 9.80. The van der Waals surface area contributed by atoms with E-state index in [0.29, 0.717) is 6.04 Å². The van der Waals surface area contributed by atoms with Crippen LogP contribution in [-0.2, 0) is 0 Å². The molecule has 0 radical (unpaired) electrons. The van der Waals surface area contributed by atoms with E-state index in [4.69, 9.17) is 5.21 Å². The lowest BCUT2D eigenvalue weighted by atomic mass is 9.91. The van der Waals surface area contributed by atoms with Gasteiger partial charge in [0.05, 0.1) is 11.8 Å². The van der Waals surface area contributed by atoms with Crippen molar-refractivity contribution in [2.45, 2.75) is 51.0 Å². The third-order valence-electron chi connectivity index (χ3n) is 3.50. The maximum absolute atomic E-state index is 8.95. The molecule has 2 aliphatic rings. The fourth-order valence-electron chi connectivity index (χ4n) is 2.72. The van der Waals surface area contributed by atoms with Crippen LogP contribution in [0.15, 0.2) is 5.16 Å². The van der Waals surface area contributed by atoms with Crippen molar-refractivity contribution in [1.82, 2.24) is 4.90 Å². The number of rotatable bonds is 1. The Morgan fingerprint density at radius 3 is 2.57 bits per heavy atom. The predicted molar refractivity (Wildman–Crippen MR) is 56.9 cm³/mol. The lowest BCUT2D eigenvalue weighted by molar-refractivity contribution is 0.180. The molecule has 14 heavy (non-hydrogen) atoms. The molecule has 80 valence electrons. The lowest BCUT2D eigenvalue weighted by Crippen LogP contribution is -2.45. The quantitative estimate of drug-likeness (QED) is 0.515. The summed E-state index contributed by atoms with van der Waals surface area (Å²) in [5.74, 6) is 0. The van der Waals surface area contributed by atoms with Crippen molar-refractivity contribution in [3.8, 4) is 0 Å². The molecule has 1 unspecified atom stereocenters. The Morgan fingerprint density at radius 1 is 1.07 bits per heavy atom. The first-order valence-corrected chi connectivity index (χ1v) is 5.86. The molecule has 1 saturated carbocycles. The summed E-state index contributed by atoms with van der Waals surface area (Å²) in [6.45, 7) is 2.40. The molecule has 1 N–H and O–H groups in total. The third-order valence-corrected chi connectivity index (χ3v) is 3.50. The maximum atomic E-state index is 8.95. The van der Waals surface area contributed by atoms with Crippen molar-refractivity contribution >= 4 is 5.71 Å². The second kappa shape index (κ2) is 4.78. The monoisotopic (exact) mass is 196 g/mol. The molecular weight excluding hydrogens is 176 g/mol. The van der Waals surface area contributed by atoms with Crippen LogP contribution in [0.3, 0.4) is 0 Å². The van der Waals surface area contributed by atoms with E-state index in [9.17, 15) is 0 Å². The molecule has 1 heterocycles. The van der Waals surface area contributed by atoms with Gasteiger partial charge in [-0.25, -0.2) is 0 Å². The number of nitrogens with zero attached hydrogens (tertiary/aromatic N) is 2. The summed E-state index contributed by atoms with van der Waals surface area (Å²) in [4.78, 5) is 2.51. The van der Waals surface area contributed by atoms with Crippen LogP contribution in [0.25, 0.3) is 0 Å². The van der Waals surface area contributed by atoms with Crippen LogP contribution >= 0.6 is 0 Å². The molecule has 0 aromatic rings. The minimum absolute atomic E-state index is 0.453. The van der Waals surface area contributed by atoms with Crippen molar-refractivity contribution in [2.75, 3.05) is 13.1 Å². The molecular formula is C11H20N2O. The molecule has 0 amide bonds. The van der Waals surface area contributed by atoms with Gasteiger partial charge < -0.3 is 5.21 Å². The molecule has 0 spiro atoms. The van der Waals surface area contributed by atoms with E-state index in [1.165, 1.54) is 51.6 Å². The first-order chi connectivity index (χ1) is 6.92. The minimum atomic E-state index is 0.453. The van der Waals surface area contributed by atoms with Crippen LogP contribution < -0.4 is 0 Å². The van der Waals surface area contributed by atoms with Crippen LogP contribution in [0.5, 0.6) is 0 Å². The average molecular weight is 196 g/mol. The topological polar surface area (TPSA) is 35.8 Å². The first kappa shape index (κ1) is 9.97. The molecule has 2 rings (SSSR count). The largest absolute Gasteiger partial charge is 0.411 e. The highest BCUT2D eigenvalue weighted by Crippen LogP contribution is 2.23. The van der Waals surface area contributed by atoms with Crippen molar-refractivity contribution < 1.29 is 5.21 Å².